The molecule has 0 aliphatic carbocycles. The predicted octanol–water partition coefficient (Wildman–Crippen LogP) is 4.98. The number of allylic oxidation sites excluding steroid dienone is 11. The second kappa shape index (κ2) is 15.5. The molecular weight excluding hydrogens is 550 g/mol. The van der Waals surface area contributed by atoms with E-state index in [2.05, 4.69) is 9.69 Å². The summed E-state index contributed by atoms with van der Waals surface area (Å²) < 4.78 is 6.82. The largest absolute Gasteiger partial charge is 0.763 e. The molecule has 208 valence electrons. The third kappa shape index (κ3) is 7.30. The number of benzene rings is 2. The molecule has 0 bridgehead atoms. The molecule has 0 aliphatic rings. The average molecular weight is 571 g/mol. The third-order valence-electron chi connectivity index (χ3n) is 6.04. The van der Waals surface area contributed by atoms with Crippen molar-refractivity contribution in [3.8, 4) is 18.2 Å². The summed E-state index contributed by atoms with van der Waals surface area (Å²) in [5.74, 6) is 2.02. The van der Waals surface area contributed by atoms with Crippen LogP contribution in [-0.4, -0.2) is 10.4 Å². The molecule has 3 aromatic rings. The Morgan fingerprint density at radius 3 is 1.93 bits per heavy atom. The summed E-state index contributed by atoms with van der Waals surface area (Å²) in [5.41, 5.74) is 0.719. The molecule has 0 fully saturated rings. The molecule has 0 radical (unpaired) electrons. The fraction of sp³-hybridized carbons (Fsp3) is 0.0286. The quantitative estimate of drug-likeness (QED) is 0.163. The number of aromatic nitrogens is 1. The van der Waals surface area contributed by atoms with Gasteiger partial charge in [0.1, 0.15) is 5.35 Å². The number of oxazole rings is 1. The lowest BCUT2D eigenvalue weighted by Gasteiger charge is -2.09. The van der Waals surface area contributed by atoms with Gasteiger partial charge in [0, 0.05) is 18.2 Å². The van der Waals surface area contributed by atoms with E-state index in [1.54, 1.807) is 67.7 Å². The summed E-state index contributed by atoms with van der Waals surface area (Å²) >= 11 is 0. The maximum Gasteiger partial charge on any atom is 0.361 e. The molecule has 0 unspecified atom stereocenters. The Hall–Kier alpha value is -7.21. The Bertz CT molecular complexity index is 2150. The van der Waals surface area contributed by atoms with Gasteiger partial charge in [0.2, 0.25) is 5.55 Å². The van der Waals surface area contributed by atoms with E-state index in [9.17, 15) is 26.0 Å². The highest BCUT2D eigenvalue weighted by Crippen LogP contribution is 2.28. The van der Waals surface area contributed by atoms with E-state index >= 15 is 0 Å². The van der Waals surface area contributed by atoms with Gasteiger partial charge < -0.3 is 14.4 Å². The van der Waals surface area contributed by atoms with E-state index in [1.165, 1.54) is 47.1 Å². The molecule has 2 aromatic carbocycles. The molecule has 0 amide bonds. The van der Waals surface area contributed by atoms with Gasteiger partial charge in [-0.15, -0.1) is 0 Å². The van der Waals surface area contributed by atoms with E-state index in [4.69, 9.17) is 17.6 Å². The van der Waals surface area contributed by atoms with Crippen LogP contribution >= 0.6 is 0 Å². The zero-order chi connectivity index (χ0) is 31.9. The van der Waals surface area contributed by atoms with Gasteiger partial charge in [-0.1, -0.05) is 78.9 Å². The Labute approximate surface area is 253 Å². The third-order valence-corrected chi connectivity index (χ3v) is 6.04. The lowest BCUT2D eigenvalue weighted by molar-refractivity contribution is 0.472. The van der Waals surface area contributed by atoms with Gasteiger partial charge in [0.25, 0.3) is 11.4 Å². The number of nitrogens with zero attached hydrogens (tertiary/aromatic N) is 7. The van der Waals surface area contributed by atoms with Crippen molar-refractivity contribution in [2.24, 2.45) is 7.05 Å². The van der Waals surface area contributed by atoms with Crippen LogP contribution in [0, 0.1) is 47.1 Å². The summed E-state index contributed by atoms with van der Waals surface area (Å²) in [5, 5.41) is 38.6. The molecule has 9 heteroatoms. The van der Waals surface area contributed by atoms with Crippen LogP contribution in [0.25, 0.3) is 38.4 Å². The Balaban J connectivity index is 1.99. The molecule has 0 N–H and O–H groups in total. The van der Waals surface area contributed by atoms with E-state index < -0.39 is 5.63 Å². The number of hydrogen-bond acceptors (Lipinski definition) is 5. The van der Waals surface area contributed by atoms with Crippen LogP contribution in [0.5, 0.6) is 0 Å². The van der Waals surface area contributed by atoms with Crippen LogP contribution < -0.4 is 16.5 Å². The van der Waals surface area contributed by atoms with Crippen LogP contribution in [0.3, 0.4) is 0 Å². The van der Waals surface area contributed by atoms with Gasteiger partial charge in [0.15, 0.2) is 0 Å². The minimum absolute atomic E-state index is 0.0649. The van der Waals surface area contributed by atoms with Gasteiger partial charge in [-0.2, -0.15) is 5.26 Å². The first-order valence-corrected chi connectivity index (χ1v) is 12.7. The Morgan fingerprint density at radius 1 is 0.841 bits per heavy atom. The summed E-state index contributed by atoms with van der Waals surface area (Å²) in [6, 6.07) is 23.0. The monoisotopic (exact) mass is 570 g/mol. The standard InChI is InChI=1S/C35H20N7O2/c1-40-29(23-38)33(25-13-6-4-7-14-25)27(21-36)17-10-11-20-32-42(3)31(35(43)44-32)19-12-18-28(22-37)34(30(24-39)41-2)26-15-8-5-9-16-26/h4-20H,3H3/q-1/b11-10+,18-12+,27-17+,31-19+,32-20-,33-29+,34-30-. The molecule has 0 spiro atoms. The van der Waals surface area contributed by atoms with Crippen molar-refractivity contribution in [1.29, 1.82) is 15.8 Å². The van der Waals surface area contributed by atoms with Gasteiger partial charge in [0.05, 0.1) is 36.9 Å². The second-order valence-corrected chi connectivity index (χ2v) is 8.59. The van der Waals surface area contributed by atoms with Gasteiger partial charge >= 0.3 is 5.63 Å². The molecule has 44 heavy (non-hydrogen) atoms. The molecule has 0 saturated heterocycles. The second-order valence-electron chi connectivity index (χ2n) is 8.59. The highest BCUT2D eigenvalue weighted by Gasteiger charge is 2.14. The molecular formula is C35H20N7O2-. The minimum atomic E-state index is -0.647. The van der Waals surface area contributed by atoms with Crippen LogP contribution in [0.1, 0.15) is 11.1 Å². The average Bonchev–Trinajstić information content (AvgIpc) is 3.33. The molecule has 3 rings (SSSR count). The first-order valence-electron chi connectivity index (χ1n) is 12.7. The molecule has 9 nitrogen and oxygen atoms in total. The first kappa shape index (κ1) is 31.3. The molecule has 1 aromatic heterocycles. The van der Waals surface area contributed by atoms with Crippen molar-refractivity contribution in [3.05, 3.63) is 174 Å². The smallest absolute Gasteiger partial charge is 0.361 e. The molecule has 1 heterocycles. The van der Waals surface area contributed by atoms with Gasteiger partial charge in [-0.05, 0) is 41.0 Å². The molecule has 0 atom stereocenters. The minimum Gasteiger partial charge on any atom is -0.763 e. The summed E-state index contributed by atoms with van der Waals surface area (Å²) in [6.45, 7) is 14.7. The lowest BCUT2D eigenvalue weighted by Crippen LogP contribution is -2.29. The van der Waals surface area contributed by atoms with Gasteiger partial charge in [-0.3, -0.25) is 5.87 Å². The van der Waals surface area contributed by atoms with Crippen molar-refractivity contribution < 1.29 is 4.42 Å². The Morgan fingerprint density at radius 2 is 1.41 bits per heavy atom. The number of rotatable bonds is 8. The van der Waals surface area contributed by atoms with Crippen molar-refractivity contribution in [2.75, 3.05) is 0 Å². The summed E-state index contributed by atoms with van der Waals surface area (Å²) in [7, 11) is 1.60. The van der Waals surface area contributed by atoms with E-state index in [0.717, 1.165) is 0 Å². The van der Waals surface area contributed by atoms with E-state index in [0.29, 0.717) is 11.1 Å². The normalized spacial score (nSPS) is 13.1. The van der Waals surface area contributed by atoms with Gasteiger partial charge in [-0.25, -0.2) is 25.0 Å². The van der Waals surface area contributed by atoms with Crippen molar-refractivity contribution in [2.45, 2.75) is 0 Å². The lowest BCUT2D eigenvalue weighted by atomic mass is 9.96. The zero-order valence-corrected chi connectivity index (χ0v) is 23.3. The maximum atomic E-state index is 12.6. The van der Waals surface area contributed by atoms with Crippen LogP contribution in [0.15, 0.2) is 123 Å². The fourth-order valence-corrected chi connectivity index (χ4v) is 4.00. The highest BCUT2D eigenvalue weighted by atomic mass is 16.4. The van der Waals surface area contributed by atoms with Crippen molar-refractivity contribution in [3.63, 3.8) is 0 Å². The number of hydrogen-bond donors (Lipinski definition) is 0. The predicted molar refractivity (Wildman–Crippen MR) is 167 cm³/mol. The topological polar surface area (TPSA) is 138 Å². The van der Waals surface area contributed by atoms with Crippen molar-refractivity contribution in [1.82, 2.24) is 4.57 Å². The molecule has 0 aliphatic heterocycles. The summed E-state index contributed by atoms with van der Waals surface area (Å²) in [6.07, 6.45) is 10.3. The van der Waals surface area contributed by atoms with E-state index in [-0.39, 0.29) is 44.6 Å². The van der Waals surface area contributed by atoms with Crippen LogP contribution in [0.2, 0.25) is 0 Å². The maximum absolute atomic E-state index is 12.6. The fourth-order valence-electron chi connectivity index (χ4n) is 4.00. The van der Waals surface area contributed by atoms with Crippen LogP contribution in [0.4, 0.5) is 0 Å². The van der Waals surface area contributed by atoms with E-state index in [1.807, 2.05) is 24.1 Å². The zero-order valence-electron chi connectivity index (χ0n) is 23.3. The highest BCUT2D eigenvalue weighted by molar-refractivity contribution is 5.95. The van der Waals surface area contributed by atoms with Crippen LogP contribution in [-0.2, 0) is 7.05 Å². The number of nitriles is 3. The first-order chi connectivity index (χ1) is 21.4. The molecule has 0 saturated carbocycles. The SMILES string of the molecule is [C-]#[N+]/C(C#N)=C(\C(=C=[N-])/C=C/C=c1\c(=O)o\c(=C/C=C/C=C(C#N)/C(=C(\C#N)[N+]#[C-])c2ccccc2)n1C)c1ccccc1. The Kier molecular flexibility index (Phi) is 11.1. The van der Waals surface area contributed by atoms with Crippen molar-refractivity contribution >= 4 is 29.2 Å². The summed E-state index contributed by atoms with van der Waals surface area (Å²) in [4.78, 5) is 19.1.